The zero-order valence-electron chi connectivity index (χ0n) is 10.9. The van der Waals surface area contributed by atoms with Crippen LogP contribution in [0.1, 0.15) is 31.1 Å². The van der Waals surface area contributed by atoms with Crippen LogP contribution >= 0.6 is 26.6 Å². The molecule has 7 heteroatoms. The molecule has 0 saturated heterocycles. The number of hydrogen-bond acceptors (Lipinski definition) is 3. The summed E-state index contributed by atoms with van der Waals surface area (Å²) in [6.45, 7) is 6.22. The average Bonchev–Trinajstić information content (AvgIpc) is 2.27. The molecular weight excluding hydrogens is 354 g/mol. The van der Waals surface area contributed by atoms with Gasteiger partial charge in [-0.2, -0.15) is 0 Å². The van der Waals surface area contributed by atoms with Crippen molar-refractivity contribution >= 4 is 41.6 Å². The van der Waals surface area contributed by atoms with Gasteiger partial charge in [-0.15, -0.1) is 0 Å². The number of carbonyl (C=O) groups excluding carboxylic acids is 1. The van der Waals surface area contributed by atoms with Crippen molar-refractivity contribution in [2.75, 3.05) is 6.54 Å². The molecular formula is C12H15BrClNO3S. The number of hydrogen-bond donors (Lipinski definition) is 0. The minimum atomic E-state index is -3.86. The highest BCUT2D eigenvalue weighted by Crippen LogP contribution is 2.23. The van der Waals surface area contributed by atoms with Crippen LogP contribution in [0, 0.1) is 0 Å². The molecule has 106 valence electrons. The average molecular weight is 369 g/mol. The molecule has 0 N–H and O–H groups in total. The Bertz CT molecular complexity index is 587. The minimum Gasteiger partial charge on any atom is -0.337 e. The van der Waals surface area contributed by atoms with Crippen LogP contribution in [0.4, 0.5) is 0 Å². The van der Waals surface area contributed by atoms with Gasteiger partial charge in [0.25, 0.3) is 15.0 Å². The van der Waals surface area contributed by atoms with Gasteiger partial charge in [0, 0.05) is 33.3 Å². The fraction of sp³-hybridized carbons (Fsp3) is 0.417. The molecule has 0 bridgehead atoms. The Morgan fingerprint density at radius 1 is 1.37 bits per heavy atom. The van der Waals surface area contributed by atoms with Crippen LogP contribution in [0.25, 0.3) is 0 Å². The number of rotatable bonds is 4. The first-order valence-electron chi connectivity index (χ1n) is 5.73. The van der Waals surface area contributed by atoms with E-state index in [1.165, 1.54) is 12.1 Å². The van der Waals surface area contributed by atoms with Crippen LogP contribution in [0.5, 0.6) is 0 Å². The second-order valence-corrected chi connectivity index (χ2v) is 7.78. The molecule has 0 fully saturated rings. The third kappa shape index (κ3) is 4.19. The molecule has 0 radical (unpaired) electrons. The van der Waals surface area contributed by atoms with Crippen LogP contribution in [-0.2, 0) is 9.05 Å². The Labute approximate surface area is 126 Å². The van der Waals surface area contributed by atoms with E-state index in [2.05, 4.69) is 15.9 Å². The van der Waals surface area contributed by atoms with Gasteiger partial charge in [0.15, 0.2) is 0 Å². The summed E-state index contributed by atoms with van der Waals surface area (Å²) in [4.78, 5) is 13.9. The Hall–Kier alpha value is -0.590. The Morgan fingerprint density at radius 2 is 1.95 bits per heavy atom. The molecule has 4 nitrogen and oxygen atoms in total. The van der Waals surface area contributed by atoms with Crippen molar-refractivity contribution in [1.82, 2.24) is 4.90 Å². The van der Waals surface area contributed by atoms with Crippen LogP contribution in [0.15, 0.2) is 27.6 Å². The van der Waals surface area contributed by atoms with Gasteiger partial charge in [-0.05, 0) is 39.0 Å². The number of nitrogens with zero attached hydrogens (tertiary/aromatic N) is 1. The summed E-state index contributed by atoms with van der Waals surface area (Å²) in [5.41, 5.74) is 0.296. The largest absolute Gasteiger partial charge is 0.337 e. The lowest BCUT2D eigenvalue weighted by atomic mass is 10.1. The predicted molar refractivity (Wildman–Crippen MR) is 79.0 cm³/mol. The molecule has 1 amide bonds. The number of halogens is 2. The summed E-state index contributed by atoms with van der Waals surface area (Å²) in [7, 11) is 1.45. The van der Waals surface area contributed by atoms with Gasteiger partial charge in [0.05, 0.1) is 4.90 Å². The fourth-order valence-electron chi connectivity index (χ4n) is 1.74. The first-order chi connectivity index (χ1) is 8.66. The highest BCUT2D eigenvalue weighted by molar-refractivity contribution is 9.10. The van der Waals surface area contributed by atoms with Gasteiger partial charge < -0.3 is 4.90 Å². The topological polar surface area (TPSA) is 54.5 Å². The molecule has 0 aliphatic carbocycles. The molecule has 1 rings (SSSR count). The molecule has 0 aliphatic heterocycles. The third-order valence-electron chi connectivity index (χ3n) is 2.62. The van der Waals surface area contributed by atoms with E-state index in [0.717, 1.165) is 0 Å². The summed E-state index contributed by atoms with van der Waals surface area (Å²) in [5, 5.41) is 0. The van der Waals surface area contributed by atoms with Crippen LogP contribution in [0.3, 0.4) is 0 Å². The lowest BCUT2D eigenvalue weighted by molar-refractivity contribution is 0.0716. The lowest BCUT2D eigenvalue weighted by Gasteiger charge is -2.25. The standard InChI is InChI=1S/C12H15BrClNO3S/c1-4-15(8(2)3)12(16)9-5-10(13)7-11(6-9)19(14,17)18/h5-8H,4H2,1-3H3. The summed E-state index contributed by atoms with van der Waals surface area (Å²) in [6, 6.07) is 4.28. The normalized spacial score (nSPS) is 11.7. The zero-order valence-corrected chi connectivity index (χ0v) is 14.0. The summed E-state index contributed by atoms with van der Waals surface area (Å²) < 4.78 is 23.2. The molecule has 0 saturated carbocycles. The molecule has 0 aliphatic rings. The van der Waals surface area contributed by atoms with E-state index >= 15 is 0 Å². The highest BCUT2D eigenvalue weighted by Gasteiger charge is 2.20. The van der Waals surface area contributed by atoms with E-state index in [-0.39, 0.29) is 16.8 Å². The predicted octanol–water partition coefficient (Wildman–Crippen LogP) is 3.25. The van der Waals surface area contributed by atoms with Gasteiger partial charge in [-0.25, -0.2) is 8.42 Å². The van der Waals surface area contributed by atoms with Crippen molar-refractivity contribution in [3.05, 3.63) is 28.2 Å². The van der Waals surface area contributed by atoms with E-state index in [1.54, 1.807) is 11.0 Å². The van der Waals surface area contributed by atoms with Gasteiger partial charge >= 0.3 is 0 Å². The second kappa shape index (κ2) is 6.24. The first-order valence-corrected chi connectivity index (χ1v) is 8.83. The van der Waals surface area contributed by atoms with Gasteiger partial charge in [0.1, 0.15) is 0 Å². The smallest absolute Gasteiger partial charge is 0.261 e. The van der Waals surface area contributed by atoms with Crippen molar-refractivity contribution in [2.24, 2.45) is 0 Å². The molecule has 0 heterocycles. The van der Waals surface area contributed by atoms with E-state index in [0.29, 0.717) is 16.6 Å². The third-order valence-corrected chi connectivity index (χ3v) is 4.42. The molecule has 1 aromatic rings. The van der Waals surface area contributed by atoms with Crippen molar-refractivity contribution < 1.29 is 13.2 Å². The maximum absolute atomic E-state index is 12.3. The van der Waals surface area contributed by atoms with Gasteiger partial charge in [-0.3, -0.25) is 4.79 Å². The number of benzene rings is 1. The van der Waals surface area contributed by atoms with Gasteiger partial charge in [0.2, 0.25) is 0 Å². The lowest BCUT2D eigenvalue weighted by Crippen LogP contribution is -2.36. The number of carbonyl (C=O) groups is 1. The molecule has 19 heavy (non-hydrogen) atoms. The van der Waals surface area contributed by atoms with E-state index < -0.39 is 9.05 Å². The maximum atomic E-state index is 12.3. The quantitative estimate of drug-likeness (QED) is 0.767. The number of amides is 1. The summed E-state index contributed by atoms with van der Waals surface area (Å²) in [5.74, 6) is -0.222. The monoisotopic (exact) mass is 367 g/mol. The molecule has 0 atom stereocenters. The van der Waals surface area contributed by atoms with E-state index in [9.17, 15) is 13.2 Å². The van der Waals surface area contributed by atoms with Crippen molar-refractivity contribution in [3.8, 4) is 0 Å². The summed E-state index contributed by atoms with van der Waals surface area (Å²) >= 11 is 3.19. The van der Waals surface area contributed by atoms with Gasteiger partial charge in [-0.1, -0.05) is 15.9 Å². The summed E-state index contributed by atoms with van der Waals surface area (Å²) in [6.07, 6.45) is 0. The van der Waals surface area contributed by atoms with Crippen molar-refractivity contribution in [1.29, 1.82) is 0 Å². The molecule has 0 aromatic heterocycles. The Balaban J connectivity index is 3.28. The van der Waals surface area contributed by atoms with Crippen LogP contribution in [0.2, 0.25) is 0 Å². The zero-order chi connectivity index (χ0) is 14.8. The SMILES string of the molecule is CCN(C(=O)c1cc(Br)cc(S(=O)(=O)Cl)c1)C(C)C. The second-order valence-electron chi connectivity index (χ2n) is 4.30. The van der Waals surface area contributed by atoms with Crippen LogP contribution < -0.4 is 0 Å². The minimum absolute atomic E-state index is 0.0348. The fourth-order valence-corrected chi connectivity index (χ4v) is 3.18. The first kappa shape index (κ1) is 16.5. The molecule has 0 unspecified atom stereocenters. The van der Waals surface area contributed by atoms with Crippen molar-refractivity contribution in [3.63, 3.8) is 0 Å². The van der Waals surface area contributed by atoms with Crippen molar-refractivity contribution in [2.45, 2.75) is 31.7 Å². The highest BCUT2D eigenvalue weighted by atomic mass is 79.9. The van der Waals surface area contributed by atoms with Crippen LogP contribution in [-0.4, -0.2) is 31.8 Å². The van der Waals surface area contributed by atoms with E-state index in [4.69, 9.17) is 10.7 Å². The maximum Gasteiger partial charge on any atom is 0.261 e. The Morgan fingerprint density at radius 3 is 2.37 bits per heavy atom. The Kier molecular flexibility index (Phi) is 5.41. The molecule has 0 spiro atoms. The molecule has 1 aromatic carbocycles. The van der Waals surface area contributed by atoms with E-state index in [1.807, 2.05) is 20.8 Å².